The Hall–Kier alpha value is -2.41. The van der Waals surface area contributed by atoms with E-state index in [2.05, 4.69) is 16.0 Å². The van der Waals surface area contributed by atoms with Gasteiger partial charge in [0, 0.05) is 23.9 Å². The Morgan fingerprint density at radius 3 is 2.51 bits per heavy atom. The number of ether oxygens (including phenoxy) is 1. The summed E-state index contributed by atoms with van der Waals surface area (Å²) in [5.41, 5.74) is -2.14. The molecule has 0 bridgehead atoms. The molecule has 3 rings (SSSR count). The van der Waals surface area contributed by atoms with Crippen molar-refractivity contribution in [2.45, 2.75) is 75.5 Å². The Morgan fingerprint density at radius 1 is 1.27 bits per heavy atom. The van der Waals surface area contributed by atoms with Gasteiger partial charge in [0.2, 0.25) is 17.3 Å². The molecule has 1 unspecified atom stereocenters. The SMILES string of the molecule is CC(C)C[C@H](NC(=O)OC1(Cc2cccc(Cl)c2)CC1)C(=O)N[C@@H](C[C@@H]1CCNC1=O)C(O)S(=O)(=O)O. The summed E-state index contributed by atoms with van der Waals surface area (Å²) in [5.74, 6) is -1.79. The van der Waals surface area contributed by atoms with Gasteiger partial charge in [-0.2, -0.15) is 8.42 Å². The van der Waals surface area contributed by atoms with E-state index in [4.69, 9.17) is 16.3 Å². The average molecular weight is 560 g/mol. The molecule has 37 heavy (non-hydrogen) atoms. The van der Waals surface area contributed by atoms with Crippen molar-refractivity contribution in [3.05, 3.63) is 34.9 Å². The number of benzene rings is 1. The number of rotatable bonds is 12. The van der Waals surface area contributed by atoms with Crippen LogP contribution < -0.4 is 16.0 Å². The Labute approximate surface area is 221 Å². The number of carbonyl (C=O) groups excluding carboxylic acids is 3. The van der Waals surface area contributed by atoms with Crippen LogP contribution in [0.25, 0.3) is 0 Å². The van der Waals surface area contributed by atoms with E-state index in [9.17, 15) is 32.5 Å². The second-order valence-corrected chi connectivity index (χ2v) is 12.2. The second-order valence-electron chi connectivity index (χ2n) is 10.2. The van der Waals surface area contributed by atoms with Crippen LogP contribution in [0.5, 0.6) is 0 Å². The van der Waals surface area contributed by atoms with Crippen LogP contribution in [0.3, 0.4) is 0 Å². The number of alkyl carbamates (subject to hydrolysis) is 1. The van der Waals surface area contributed by atoms with Gasteiger partial charge in [0.1, 0.15) is 11.6 Å². The first-order valence-corrected chi connectivity index (χ1v) is 14.1. The van der Waals surface area contributed by atoms with E-state index >= 15 is 0 Å². The smallest absolute Gasteiger partial charge is 0.408 e. The number of amides is 3. The highest BCUT2D eigenvalue weighted by Gasteiger charge is 2.47. The Morgan fingerprint density at radius 2 is 1.97 bits per heavy atom. The molecular weight excluding hydrogens is 526 g/mol. The lowest BCUT2D eigenvalue weighted by Crippen LogP contribution is -2.55. The maximum atomic E-state index is 13.1. The molecule has 0 radical (unpaired) electrons. The minimum Gasteiger partial charge on any atom is -0.443 e. The molecule has 1 aliphatic heterocycles. The molecule has 0 aromatic heterocycles. The summed E-state index contributed by atoms with van der Waals surface area (Å²) in [7, 11) is -4.94. The zero-order chi connectivity index (χ0) is 27.4. The standard InChI is InChI=1S/C24H34ClN3O8S/c1-14(2)10-18(28-23(32)36-24(7-8-24)13-15-4-3-5-17(25)11-15)21(30)27-19(22(31)37(33,34)35)12-16-6-9-26-20(16)29/h3-5,11,14,16,18-19,22,31H,6-10,12-13H2,1-2H3,(H,26,29)(H,27,30)(H,28,32)(H,33,34,35)/t16-,18-,19-,22?/m0/s1. The van der Waals surface area contributed by atoms with Crippen molar-refractivity contribution in [3.63, 3.8) is 0 Å². The topological polar surface area (TPSA) is 171 Å². The molecule has 1 aromatic rings. The van der Waals surface area contributed by atoms with Gasteiger partial charge in [-0.1, -0.05) is 37.6 Å². The number of nitrogens with one attached hydrogen (secondary N) is 3. The minimum atomic E-state index is -4.94. The fourth-order valence-electron chi connectivity index (χ4n) is 4.46. The monoisotopic (exact) mass is 559 g/mol. The number of aliphatic hydroxyl groups is 1. The van der Waals surface area contributed by atoms with Crippen LogP contribution >= 0.6 is 11.6 Å². The van der Waals surface area contributed by atoms with E-state index in [-0.39, 0.29) is 24.7 Å². The Kier molecular flexibility index (Phi) is 9.43. The van der Waals surface area contributed by atoms with Crippen molar-refractivity contribution in [1.82, 2.24) is 16.0 Å². The minimum absolute atomic E-state index is 0.0389. The zero-order valence-corrected chi connectivity index (χ0v) is 22.3. The molecule has 2 fully saturated rings. The van der Waals surface area contributed by atoms with Crippen LogP contribution in [0.1, 0.15) is 51.5 Å². The molecule has 1 saturated carbocycles. The lowest BCUT2D eigenvalue weighted by Gasteiger charge is -2.28. The molecule has 2 aliphatic rings. The third-order valence-corrected chi connectivity index (χ3v) is 7.70. The van der Waals surface area contributed by atoms with Gasteiger partial charge in [-0.25, -0.2) is 4.79 Å². The molecule has 13 heteroatoms. The van der Waals surface area contributed by atoms with Crippen molar-refractivity contribution >= 4 is 39.6 Å². The number of hydrogen-bond donors (Lipinski definition) is 5. The molecule has 0 spiro atoms. The molecule has 206 valence electrons. The van der Waals surface area contributed by atoms with Gasteiger partial charge in [0.15, 0.2) is 0 Å². The molecule has 1 heterocycles. The van der Waals surface area contributed by atoms with Crippen LogP contribution in [0.2, 0.25) is 5.02 Å². The summed E-state index contributed by atoms with van der Waals surface area (Å²) < 4.78 is 38.3. The number of halogens is 1. The van der Waals surface area contributed by atoms with Crippen molar-refractivity contribution in [3.8, 4) is 0 Å². The quantitative estimate of drug-likeness (QED) is 0.241. The molecule has 11 nitrogen and oxygen atoms in total. The normalized spacial score (nSPS) is 21.0. The van der Waals surface area contributed by atoms with Gasteiger partial charge in [-0.3, -0.25) is 14.1 Å². The summed E-state index contributed by atoms with van der Waals surface area (Å²) in [6, 6.07) is 4.66. The summed E-state index contributed by atoms with van der Waals surface area (Å²) in [4.78, 5) is 37.9. The van der Waals surface area contributed by atoms with Gasteiger partial charge in [-0.05, 0) is 55.7 Å². The first kappa shape index (κ1) is 29.2. The van der Waals surface area contributed by atoms with Crippen molar-refractivity contribution in [2.75, 3.05) is 6.54 Å². The van der Waals surface area contributed by atoms with Gasteiger partial charge in [0.05, 0.1) is 6.04 Å². The summed E-state index contributed by atoms with van der Waals surface area (Å²) in [6.07, 6.45) is 1.34. The van der Waals surface area contributed by atoms with E-state index in [0.29, 0.717) is 37.3 Å². The molecule has 5 N–H and O–H groups in total. The van der Waals surface area contributed by atoms with Gasteiger partial charge >= 0.3 is 6.09 Å². The first-order chi connectivity index (χ1) is 17.3. The molecular formula is C24H34ClN3O8S. The third-order valence-electron chi connectivity index (χ3n) is 6.53. The van der Waals surface area contributed by atoms with E-state index in [1.54, 1.807) is 12.1 Å². The molecule has 1 saturated heterocycles. The zero-order valence-electron chi connectivity index (χ0n) is 20.8. The molecule has 1 aliphatic carbocycles. The number of hydrogen-bond acceptors (Lipinski definition) is 7. The predicted molar refractivity (Wildman–Crippen MR) is 135 cm³/mol. The van der Waals surface area contributed by atoms with Gasteiger partial charge < -0.3 is 25.8 Å². The number of carbonyl (C=O) groups is 3. The van der Waals surface area contributed by atoms with Crippen LogP contribution in [-0.4, -0.2) is 65.7 Å². The molecule has 1 aromatic carbocycles. The lowest BCUT2D eigenvalue weighted by molar-refractivity contribution is -0.126. The Bertz CT molecular complexity index is 1110. The maximum Gasteiger partial charge on any atom is 0.408 e. The van der Waals surface area contributed by atoms with Crippen LogP contribution in [0.4, 0.5) is 4.79 Å². The van der Waals surface area contributed by atoms with Crippen molar-refractivity contribution in [2.24, 2.45) is 11.8 Å². The Balaban J connectivity index is 1.68. The van der Waals surface area contributed by atoms with Crippen LogP contribution in [-0.2, 0) is 30.9 Å². The second kappa shape index (κ2) is 12.0. The largest absolute Gasteiger partial charge is 0.443 e. The average Bonchev–Trinajstić information content (AvgIpc) is 3.41. The predicted octanol–water partition coefficient (Wildman–Crippen LogP) is 1.77. The third kappa shape index (κ3) is 8.56. The van der Waals surface area contributed by atoms with E-state index < -0.39 is 51.2 Å². The van der Waals surface area contributed by atoms with E-state index in [1.165, 1.54) is 0 Å². The lowest BCUT2D eigenvalue weighted by atomic mass is 9.97. The first-order valence-electron chi connectivity index (χ1n) is 12.2. The van der Waals surface area contributed by atoms with E-state index in [1.807, 2.05) is 26.0 Å². The summed E-state index contributed by atoms with van der Waals surface area (Å²) in [6.45, 7) is 4.05. The summed E-state index contributed by atoms with van der Waals surface area (Å²) >= 11 is 6.05. The fraction of sp³-hybridized carbons (Fsp3) is 0.625. The fourth-order valence-corrected chi connectivity index (χ4v) is 5.27. The highest BCUT2D eigenvalue weighted by atomic mass is 35.5. The number of aliphatic hydroxyl groups excluding tert-OH is 1. The van der Waals surface area contributed by atoms with E-state index in [0.717, 1.165) is 5.56 Å². The molecule has 4 atom stereocenters. The highest BCUT2D eigenvalue weighted by Crippen LogP contribution is 2.43. The summed E-state index contributed by atoms with van der Waals surface area (Å²) in [5, 5.41) is 18.3. The maximum absolute atomic E-state index is 13.1. The van der Waals surface area contributed by atoms with Gasteiger partial charge in [0.25, 0.3) is 10.1 Å². The highest BCUT2D eigenvalue weighted by molar-refractivity contribution is 7.86. The van der Waals surface area contributed by atoms with Crippen molar-refractivity contribution in [1.29, 1.82) is 0 Å². The van der Waals surface area contributed by atoms with Crippen LogP contribution in [0.15, 0.2) is 24.3 Å². The van der Waals surface area contributed by atoms with Crippen LogP contribution in [0, 0.1) is 11.8 Å². The molecule has 3 amide bonds. The van der Waals surface area contributed by atoms with Gasteiger partial charge in [-0.15, -0.1) is 0 Å². The van der Waals surface area contributed by atoms with Crippen molar-refractivity contribution < 1.29 is 37.2 Å².